The molecule has 0 aliphatic rings. The molecule has 0 radical (unpaired) electrons. The summed E-state index contributed by atoms with van der Waals surface area (Å²) in [6.07, 6.45) is 0. The predicted molar refractivity (Wildman–Crippen MR) is 17.7 cm³/mol. The van der Waals surface area contributed by atoms with Crippen LogP contribution in [0.3, 0.4) is 0 Å². The van der Waals surface area contributed by atoms with Gasteiger partial charge in [0.25, 0.3) is 0 Å². The Balaban J connectivity index is 2.19. The summed E-state index contributed by atoms with van der Waals surface area (Å²) in [6, 6.07) is 0. The van der Waals surface area contributed by atoms with Crippen LogP contribution in [-0.4, -0.2) is 11.7 Å². The van der Waals surface area contributed by atoms with Crippen molar-refractivity contribution in [3.8, 4) is 0 Å². The summed E-state index contributed by atoms with van der Waals surface area (Å²) in [6.45, 7) is 0.270. The molecule has 0 spiro atoms. The quantitative estimate of drug-likeness (QED) is 0.612. The fraction of sp³-hybridized carbons (Fsp3) is 1.00. The molecule has 0 rings (SSSR count). The van der Waals surface area contributed by atoms with Gasteiger partial charge in [-0.2, -0.15) is 0 Å². The second-order valence-corrected chi connectivity index (χ2v) is 3.37. The first-order valence-electron chi connectivity index (χ1n) is 1.26. The third-order valence-electron chi connectivity index (χ3n) is 0.168. The Morgan fingerprint density at radius 3 is 2.40 bits per heavy atom. The van der Waals surface area contributed by atoms with Crippen molar-refractivity contribution in [1.82, 2.24) is 0 Å². The van der Waals surface area contributed by atoms with Crippen LogP contribution in [0.25, 0.3) is 0 Å². The molecule has 0 aliphatic carbocycles. The summed E-state index contributed by atoms with van der Waals surface area (Å²) in [5, 5.41) is 8.01. The fourth-order valence-corrected chi connectivity index (χ4v) is 0.612. The average Bonchev–Trinajstić information content (AvgIpc) is 1.41. The van der Waals surface area contributed by atoms with E-state index in [2.05, 4.69) is 0 Å². The van der Waals surface area contributed by atoms with Crippen LogP contribution in [0.1, 0.15) is 0 Å². The number of hydrogen-bond acceptors (Lipinski definition) is 1. The fourth-order valence-electron chi connectivity index (χ4n) is 0.0345. The van der Waals surface area contributed by atoms with Gasteiger partial charge in [0.2, 0.25) is 0 Å². The van der Waals surface area contributed by atoms with Crippen molar-refractivity contribution in [3.63, 3.8) is 0 Å². The van der Waals surface area contributed by atoms with E-state index in [-0.39, 0.29) is 24.1 Å². The number of aliphatic hydroxyl groups is 1. The average molecular weight is 176 g/mol. The molecule has 0 aliphatic heterocycles. The van der Waals surface area contributed by atoms with Crippen molar-refractivity contribution in [2.45, 2.75) is 4.81 Å². The molecule has 1 N–H and O–H groups in total. The first kappa shape index (κ1) is 5.94. The van der Waals surface area contributed by atoms with E-state index in [1.165, 1.54) is 0 Å². The maximum absolute atomic E-state index is 8.01. The van der Waals surface area contributed by atoms with Gasteiger partial charge in [-0.25, -0.2) is 0 Å². The molecule has 0 saturated carbocycles. The zero-order chi connectivity index (χ0) is 4.12. The Morgan fingerprint density at radius 2 is 2.40 bits per heavy atom. The first-order chi connectivity index (χ1) is 2.41. The van der Waals surface area contributed by atoms with E-state index in [9.17, 15) is 0 Å². The Hall–Kier alpha value is 0.938. The molecule has 0 aromatic carbocycles. The topological polar surface area (TPSA) is 20.2 Å². The van der Waals surface area contributed by atoms with Crippen LogP contribution in [0.5, 0.6) is 0 Å². The standard InChI is InChI=1S/C2H5O.ClH.Mo/c1-2-3;;/h3H,1-2H2;1H;/q;;+1/p-1. The molecule has 0 bridgehead atoms. The van der Waals surface area contributed by atoms with Gasteiger partial charge in [-0.05, 0) is 0 Å². The number of hydrogen-bond donors (Lipinski definition) is 1. The Bertz CT molecular complexity index is 17.1. The number of rotatable bonds is 2. The van der Waals surface area contributed by atoms with Crippen molar-refractivity contribution >= 4 is 9.42 Å². The third kappa shape index (κ3) is 4.94. The van der Waals surface area contributed by atoms with Gasteiger partial charge in [0.15, 0.2) is 0 Å². The van der Waals surface area contributed by atoms with E-state index < -0.39 is 0 Å². The normalized spacial score (nSPS) is 8.40. The summed E-state index contributed by atoms with van der Waals surface area (Å²) < 4.78 is 0. The van der Waals surface area contributed by atoms with Crippen LogP contribution in [0.4, 0.5) is 0 Å². The van der Waals surface area contributed by atoms with Gasteiger partial charge in [0.1, 0.15) is 0 Å². The summed E-state index contributed by atoms with van der Waals surface area (Å²) in [5.41, 5.74) is 0. The Morgan fingerprint density at radius 1 is 1.80 bits per heavy atom. The monoisotopic (exact) mass is 178 g/mol. The molecule has 5 heavy (non-hydrogen) atoms. The van der Waals surface area contributed by atoms with E-state index in [4.69, 9.17) is 14.5 Å². The second kappa shape index (κ2) is 4.94. The molecule has 0 amide bonds. The summed E-state index contributed by atoms with van der Waals surface area (Å²) in [5.74, 6) is 0. The van der Waals surface area contributed by atoms with Gasteiger partial charge < -0.3 is 0 Å². The molecule has 0 unspecified atom stereocenters. The van der Waals surface area contributed by atoms with E-state index >= 15 is 0 Å². The third-order valence-corrected chi connectivity index (χ3v) is 1.91. The van der Waals surface area contributed by atoms with Gasteiger partial charge in [0, 0.05) is 0 Å². The summed E-state index contributed by atoms with van der Waals surface area (Å²) in [7, 11) is 5.27. The minimum atomic E-state index is -0.304. The summed E-state index contributed by atoms with van der Waals surface area (Å²) >= 11 is -0.304. The van der Waals surface area contributed by atoms with Gasteiger partial charge in [-0.3, -0.25) is 0 Å². The Kier molecular flexibility index (Phi) is 5.87. The van der Waals surface area contributed by atoms with Crippen molar-refractivity contribution in [2.24, 2.45) is 0 Å². The molecular formula is C2H5ClMoO. The summed E-state index contributed by atoms with van der Waals surface area (Å²) in [4.78, 5) is 0.840. The zero-order valence-electron chi connectivity index (χ0n) is 2.65. The molecule has 0 heterocycles. The van der Waals surface area contributed by atoms with Gasteiger partial charge in [-0.15, -0.1) is 0 Å². The molecule has 0 saturated heterocycles. The molecular weight excluding hydrogens is 171 g/mol. The van der Waals surface area contributed by atoms with E-state index in [1.54, 1.807) is 0 Å². The van der Waals surface area contributed by atoms with E-state index in [0.29, 0.717) is 0 Å². The molecule has 32 valence electrons. The van der Waals surface area contributed by atoms with Crippen molar-refractivity contribution in [1.29, 1.82) is 0 Å². The van der Waals surface area contributed by atoms with Crippen molar-refractivity contribution in [2.75, 3.05) is 6.61 Å². The van der Waals surface area contributed by atoms with Crippen LogP contribution < -0.4 is 0 Å². The van der Waals surface area contributed by atoms with Crippen LogP contribution >= 0.6 is 9.42 Å². The van der Waals surface area contributed by atoms with Gasteiger partial charge in [-0.1, -0.05) is 0 Å². The van der Waals surface area contributed by atoms with Gasteiger partial charge >= 0.3 is 43.5 Å². The van der Waals surface area contributed by atoms with Crippen LogP contribution in [0.2, 0.25) is 4.81 Å². The van der Waals surface area contributed by atoms with E-state index in [0.717, 1.165) is 4.81 Å². The second-order valence-electron chi connectivity index (χ2n) is 0.537. The molecule has 0 aromatic rings. The molecule has 3 heteroatoms. The van der Waals surface area contributed by atoms with Crippen molar-refractivity contribution < 1.29 is 22.6 Å². The Labute approximate surface area is 43.8 Å². The maximum atomic E-state index is 8.01. The zero-order valence-corrected chi connectivity index (χ0v) is 5.41. The van der Waals surface area contributed by atoms with Crippen LogP contribution in [-0.2, 0) is 17.5 Å². The number of halogens is 1. The molecule has 0 fully saturated rings. The van der Waals surface area contributed by atoms with Crippen molar-refractivity contribution in [3.05, 3.63) is 0 Å². The predicted octanol–water partition coefficient (Wildman–Crippen LogP) is 0.633. The minimum absolute atomic E-state index is 0.270. The molecule has 0 atom stereocenters. The van der Waals surface area contributed by atoms with Gasteiger partial charge in [0.05, 0.1) is 0 Å². The van der Waals surface area contributed by atoms with E-state index in [1.807, 2.05) is 0 Å². The van der Waals surface area contributed by atoms with Crippen LogP contribution in [0, 0.1) is 0 Å². The van der Waals surface area contributed by atoms with Crippen LogP contribution in [0.15, 0.2) is 0 Å². The number of aliphatic hydroxyl groups excluding tert-OH is 1. The molecule has 0 aromatic heterocycles. The molecule has 1 nitrogen and oxygen atoms in total. The SMILES string of the molecule is OC[CH2][Mo][Cl]. The first-order valence-corrected chi connectivity index (χ1v) is 5.26.